The first kappa shape index (κ1) is 66.0. The van der Waals surface area contributed by atoms with Gasteiger partial charge in [0.25, 0.3) is 0 Å². The maximum Gasteiger partial charge on any atom is 0.311 e. The van der Waals surface area contributed by atoms with Gasteiger partial charge in [-0.05, 0) is 77.2 Å². The van der Waals surface area contributed by atoms with Crippen LogP contribution >= 0.6 is 0 Å². The quantitative estimate of drug-likeness (QED) is 0.0802. The van der Waals surface area contributed by atoms with Crippen molar-refractivity contribution in [2.45, 2.75) is 209 Å². The van der Waals surface area contributed by atoms with E-state index in [-0.39, 0.29) is 75.4 Å². The topological polar surface area (TPSA) is 337 Å². The summed E-state index contributed by atoms with van der Waals surface area (Å²) in [5.41, 5.74) is 6.05. The van der Waals surface area contributed by atoms with Crippen LogP contribution < -0.4 is 5.73 Å². The van der Waals surface area contributed by atoms with Gasteiger partial charge in [-0.1, -0.05) is 117 Å². The maximum absolute atomic E-state index is 13.3. The van der Waals surface area contributed by atoms with E-state index in [2.05, 4.69) is 0 Å². The zero-order valence-corrected chi connectivity index (χ0v) is 44.3. The summed E-state index contributed by atoms with van der Waals surface area (Å²) in [6.07, 6.45) is 12.8. The first-order valence-corrected chi connectivity index (χ1v) is 26.5. The van der Waals surface area contributed by atoms with Crippen LogP contribution in [0.25, 0.3) is 0 Å². The van der Waals surface area contributed by atoms with Crippen molar-refractivity contribution in [1.29, 1.82) is 0 Å². The first-order valence-electron chi connectivity index (χ1n) is 26.5. The number of carbonyl (C=O) groups excluding carboxylic acids is 2. The summed E-state index contributed by atoms with van der Waals surface area (Å²) in [5, 5.41) is 119. The molecular weight excluding hydrogens is 987 g/mol. The van der Waals surface area contributed by atoms with Gasteiger partial charge < -0.3 is 80.9 Å². The number of aliphatic hydroxyl groups is 10. The number of nitrogens with two attached hydrogens (primary N) is 1. The number of carbonyl (C=O) groups is 3. The van der Waals surface area contributed by atoms with E-state index in [1.807, 2.05) is 32.9 Å². The van der Waals surface area contributed by atoms with E-state index in [0.29, 0.717) is 6.42 Å². The molecule has 3 aliphatic heterocycles. The van der Waals surface area contributed by atoms with Gasteiger partial charge in [-0.2, -0.15) is 0 Å². The number of aliphatic carboxylic acids is 1. The van der Waals surface area contributed by atoms with Crippen LogP contribution in [0.5, 0.6) is 0 Å². The Morgan fingerprint density at radius 1 is 0.763 bits per heavy atom. The van der Waals surface area contributed by atoms with E-state index in [9.17, 15) is 70.6 Å². The van der Waals surface area contributed by atoms with Gasteiger partial charge in [-0.3, -0.25) is 14.4 Å². The van der Waals surface area contributed by atoms with E-state index in [4.69, 9.17) is 24.7 Å². The molecule has 0 amide bonds. The lowest BCUT2D eigenvalue weighted by atomic mass is 9.82. The number of ether oxygens (including phenoxy) is 4. The van der Waals surface area contributed by atoms with Crippen LogP contribution in [-0.4, -0.2) is 171 Å². The van der Waals surface area contributed by atoms with Crippen LogP contribution in [0, 0.1) is 17.8 Å². The average molecular weight is 1070 g/mol. The van der Waals surface area contributed by atoms with E-state index in [1.165, 1.54) is 19.1 Å². The molecular formula is C57H87NO18. The van der Waals surface area contributed by atoms with Gasteiger partial charge in [0, 0.05) is 31.6 Å². The summed E-state index contributed by atoms with van der Waals surface area (Å²) in [6, 6.07) is -1.15. The second-order valence-corrected chi connectivity index (χ2v) is 20.5. The van der Waals surface area contributed by atoms with Gasteiger partial charge in [0.05, 0.1) is 79.6 Å². The van der Waals surface area contributed by atoms with Crippen LogP contribution in [0.1, 0.15) is 111 Å². The molecule has 2 saturated heterocycles. The number of hydrogen-bond acceptors (Lipinski definition) is 18. The molecule has 19 atom stereocenters. The van der Waals surface area contributed by atoms with Gasteiger partial charge in [-0.15, -0.1) is 0 Å². The molecule has 0 radical (unpaired) electrons. The molecule has 428 valence electrons. The summed E-state index contributed by atoms with van der Waals surface area (Å²) in [4.78, 5) is 38.1. The Balaban J connectivity index is 1.85. The Bertz CT molecular complexity index is 2020. The van der Waals surface area contributed by atoms with Crippen LogP contribution in [0.2, 0.25) is 0 Å². The minimum Gasteiger partial charge on any atom is -0.481 e. The minimum atomic E-state index is -2.28. The van der Waals surface area contributed by atoms with Crippen LogP contribution in [0.15, 0.2) is 109 Å². The number of carboxylic acid groups (broad SMARTS) is 1. The predicted octanol–water partition coefficient (Wildman–Crippen LogP) is 3.34. The van der Waals surface area contributed by atoms with Crippen molar-refractivity contribution >= 4 is 17.7 Å². The summed E-state index contributed by atoms with van der Waals surface area (Å²) in [5.74, 6) is -6.75. The highest BCUT2D eigenvalue weighted by atomic mass is 16.7. The van der Waals surface area contributed by atoms with Crippen molar-refractivity contribution in [1.82, 2.24) is 0 Å². The third-order valence-electron chi connectivity index (χ3n) is 13.6. The van der Waals surface area contributed by atoms with Crippen LogP contribution in [0.3, 0.4) is 0 Å². The van der Waals surface area contributed by atoms with E-state index < -0.39 is 135 Å². The van der Waals surface area contributed by atoms with E-state index in [1.54, 1.807) is 85.1 Å². The number of allylic oxidation sites excluding steroid dienone is 16. The van der Waals surface area contributed by atoms with Crippen LogP contribution in [0.4, 0.5) is 0 Å². The summed E-state index contributed by atoms with van der Waals surface area (Å²) in [6.45, 7) is 7.13. The molecule has 13 N–H and O–H groups in total. The van der Waals surface area contributed by atoms with Gasteiger partial charge >= 0.3 is 11.9 Å². The Labute approximate surface area is 447 Å². The monoisotopic (exact) mass is 1070 g/mol. The van der Waals surface area contributed by atoms with Crippen molar-refractivity contribution < 1.29 is 89.5 Å². The third-order valence-corrected chi connectivity index (χ3v) is 13.6. The van der Waals surface area contributed by atoms with Gasteiger partial charge in [0.1, 0.15) is 18.1 Å². The first-order chi connectivity index (χ1) is 36.0. The number of aliphatic hydroxyl groups excluding tert-OH is 9. The molecule has 0 aromatic rings. The lowest BCUT2D eigenvalue weighted by molar-refractivity contribution is -0.308. The van der Waals surface area contributed by atoms with E-state index >= 15 is 0 Å². The van der Waals surface area contributed by atoms with Gasteiger partial charge in [-0.25, -0.2) is 0 Å². The normalized spacial score (nSPS) is 39.7. The number of hydrogen-bond donors (Lipinski definition) is 12. The number of cyclic esters (lactones) is 1. The zero-order chi connectivity index (χ0) is 56.4. The second-order valence-electron chi connectivity index (χ2n) is 20.5. The van der Waals surface area contributed by atoms with Crippen molar-refractivity contribution in [3.05, 3.63) is 109 Å². The molecule has 0 aromatic carbocycles. The largest absolute Gasteiger partial charge is 0.481 e. The molecule has 0 spiro atoms. The molecule has 2 bridgehead atoms. The molecule has 0 aromatic heterocycles. The Kier molecular flexibility index (Phi) is 30.0. The number of ketones is 1. The molecule has 0 aliphatic carbocycles. The highest BCUT2D eigenvalue weighted by Gasteiger charge is 2.51. The lowest BCUT2D eigenvalue weighted by Gasteiger charge is -2.45. The molecule has 76 heavy (non-hydrogen) atoms. The fraction of sp³-hybridized carbons (Fsp3) is 0.632. The number of carboxylic acids is 1. The minimum absolute atomic E-state index is 0.0553. The highest BCUT2D eigenvalue weighted by Crippen LogP contribution is 2.38. The fourth-order valence-electron chi connectivity index (χ4n) is 9.52. The van der Waals surface area contributed by atoms with Crippen molar-refractivity contribution in [3.8, 4) is 0 Å². The van der Waals surface area contributed by atoms with Gasteiger partial charge in [0.15, 0.2) is 17.9 Å². The second kappa shape index (κ2) is 34.6. The lowest BCUT2D eigenvalue weighted by Crippen LogP contribution is -2.61. The highest BCUT2D eigenvalue weighted by molar-refractivity contribution is 5.90. The zero-order valence-electron chi connectivity index (χ0n) is 44.3. The Hall–Kier alpha value is -4.29. The molecule has 19 heteroatoms. The third kappa shape index (κ3) is 24.6. The number of esters is 1. The Morgan fingerprint density at radius 2 is 1.33 bits per heavy atom. The van der Waals surface area contributed by atoms with E-state index in [0.717, 1.165) is 0 Å². The fourth-order valence-corrected chi connectivity index (χ4v) is 9.52. The molecule has 0 saturated carbocycles. The van der Waals surface area contributed by atoms with Crippen LogP contribution in [-0.2, 0) is 33.3 Å². The molecule has 3 heterocycles. The molecule has 2 fully saturated rings. The molecule has 19 nitrogen and oxygen atoms in total. The number of fused-ring (bicyclic) bond motifs is 2. The maximum atomic E-state index is 13.3. The van der Waals surface area contributed by atoms with Crippen molar-refractivity contribution in [2.75, 3.05) is 0 Å². The average Bonchev–Trinajstić information content (AvgIpc) is 3.32. The molecule has 14 unspecified atom stereocenters. The van der Waals surface area contributed by atoms with Gasteiger partial charge in [0.2, 0.25) is 0 Å². The molecule has 3 rings (SSSR count). The van der Waals surface area contributed by atoms with Crippen molar-refractivity contribution in [2.24, 2.45) is 23.5 Å². The Morgan fingerprint density at radius 3 is 1.92 bits per heavy atom. The van der Waals surface area contributed by atoms with Crippen molar-refractivity contribution in [3.63, 3.8) is 0 Å². The standard InChI is InChI=1S/C57H87NO18/c1-5-6-17-22-39(59)28-42(62)27-26-37(3)54-36(2)21-18-15-13-11-9-7-8-10-12-14-16-19-25-46(74-56-53(69)51(58)52(68)38(4)73-56)33-48-50(55(70)71)47(66)35-57(72,76-48)34-45(65)31-43(63)29-40(60)23-20-24-41(61)30-44(64)32-49(67)75-54/h5-19,21-22,25,36-38,40-48,50-54,56,60-66,68-69,72H,20,23-24,26-35,58H2,1-4H3,(H,70,71)/b6-5+,8-7-,11-9-,12-10+,15-13+,16-14+,21-18+,22-17+,25-19+/t36?,37?,38-,40?,41?,42?,43?,44?,45?,46?,47?,48+,50?,51+,52-,53+,54?,56?,57?/m1/s1. The summed E-state index contributed by atoms with van der Waals surface area (Å²) in [7, 11) is 0. The summed E-state index contributed by atoms with van der Waals surface area (Å²) >= 11 is 0. The molecule has 3 aliphatic rings. The number of rotatable bonds is 11. The smallest absolute Gasteiger partial charge is 0.311 e. The summed E-state index contributed by atoms with van der Waals surface area (Å²) < 4.78 is 23.7. The predicted molar refractivity (Wildman–Crippen MR) is 283 cm³/mol. The SMILES string of the molecule is C/C=C/C=C/C(=O)CC(O)CCC(C)C1OC(=O)CC(O)CC(O)CCCC(O)CC(O)CC(O)CC2(O)CC(O)C(C(=O)O)[C@H](CC(OC3O[C@H](C)[C@@H](O)[C@H](N)[C@@H]3O)/C=C/C=C/C=C/C=C\C=C/C=C/C=C/C1C)O2.